The monoisotopic (exact) mass is 362 g/mol. The van der Waals surface area contributed by atoms with E-state index in [0.29, 0.717) is 12.6 Å². The van der Waals surface area contributed by atoms with Crippen molar-refractivity contribution < 1.29 is 4.79 Å². The molecule has 8 heteroatoms. The summed E-state index contributed by atoms with van der Waals surface area (Å²) in [5.41, 5.74) is 0. The Labute approximate surface area is 152 Å². The predicted octanol–water partition coefficient (Wildman–Crippen LogP) is 2.55. The van der Waals surface area contributed by atoms with Crippen LogP contribution < -0.4 is 5.32 Å². The number of nitrogens with one attached hydrogen (secondary N) is 1. The third kappa shape index (κ3) is 4.78. The zero-order valence-electron chi connectivity index (χ0n) is 14.9. The Morgan fingerprint density at radius 2 is 2.24 bits per heavy atom. The molecule has 136 valence electrons. The van der Waals surface area contributed by atoms with E-state index >= 15 is 0 Å². The van der Waals surface area contributed by atoms with Gasteiger partial charge in [-0.05, 0) is 39.5 Å². The summed E-state index contributed by atoms with van der Waals surface area (Å²) < 4.78 is 2.16. The number of hydrogen-bond donors (Lipinski definition) is 1. The summed E-state index contributed by atoms with van der Waals surface area (Å²) in [6.45, 7) is 6.32. The molecule has 0 bridgehead atoms. The van der Waals surface area contributed by atoms with Crippen molar-refractivity contribution in [2.45, 2.75) is 58.5 Å². The molecule has 1 fully saturated rings. The summed E-state index contributed by atoms with van der Waals surface area (Å²) >= 11 is 1.59. The van der Waals surface area contributed by atoms with Crippen molar-refractivity contribution in [2.24, 2.45) is 0 Å². The zero-order valence-corrected chi connectivity index (χ0v) is 15.8. The Morgan fingerprint density at radius 3 is 2.96 bits per heavy atom. The summed E-state index contributed by atoms with van der Waals surface area (Å²) in [7, 11) is 0. The topological polar surface area (TPSA) is 75.9 Å². The van der Waals surface area contributed by atoms with Crippen LogP contribution in [0.25, 0.3) is 0 Å². The van der Waals surface area contributed by atoms with Crippen molar-refractivity contribution in [1.82, 2.24) is 30.0 Å². The number of aryl methyl sites for hydroxylation is 3. The van der Waals surface area contributed by atoms with Crippen LogP contribution in [0.2, 0.25) is 0 Å². The number of carbonyl (C=O) groups excluding carboxylic acids is 1. The summed E-state index contributed by atoms with van der Waals surface area (Å²) in [5.74, 6) is 1.03. The highest BCUT2D eigenvalue weighted by Gasteiger charge is 2.26. The molecular formula is C17H26N6OS. The second-order valence-corrected chi connectivity index (χ2v) is 7.76. The number of carbonyl (C=O) groups is 1. The Morgan fingerprint density at radius 1 is 1.36 bits per heavy atom. The van der Waals surface area contributed by atoms with Crippen LogP contribution in [0.4, 0.5) is 4.79 Å². The fraction of sp³-hybridized carbons (Fsp3) is 0.647. The summed E-state index contributed by atoms with van der Waals surface area (Å²) in [6, 6.07) is 0.354. The van der Waals surface area contributed by atoms with Gasteiger partial charge in [0.2, 0.25) is 0 Å². The molecule has 3 heterocycles. The third-order valence-corrected chi connectivity index (χ3v) is 5.60. The van der Waals surface area contributed by atoms with Gasteiger partial charge in [0.15, 0.2) is 0 Å². The Bertz CT molecular complexity index is 697. The van der Waals surface area contributed by atoms with E-state index in [1.165, 1.54) is 6.42 Å². The number of aromatic nitrogens is 4. The quantitative estimate of drug-likeness (QED) is 0.857. The maximum atomic E-state index is 12.6. The highest BCUT2D eigenvalue weighted by atomic mass is 32.1. The number of nitrogens with zero attached hydrogens (tertiary/aromatic N) is 5. The van der Waals surface area contributed by atoms with Gasteiger partial charge in [0.1, 0.15) is 15.8 Å². The number of piperidine rings is 1. The lowest BCUT2D eigenvalue weighted by Gasteiger charge is -2.36. The van der Waals surface area contributed by atoms with Crippen molar-refractivity contribution >= 4 is 17.4 Å². The van der Waals surface area contributed by atoms with Gasteiger partial charge in [-0.2, -0.15) is 0 Å². The van der Waals surface area contributed by atoms with Gasteiger partial charge in [0.25, 0.3) is 0 Å². The van der Waals surface area contributed by atoms with E-state index < -0.39 is 0 Å². The first-order valence-electron chi connectivity index (χ1n) is 8.94. The minimum Gasteiger partial charge on any atom is -0.338 e. The molecule has 2 amide bonds. The minimum atomic E-state index is 0.0493. The molecule has 2 aromatic heterocycles. The van der Waals surface area contributed by atoms with Crippen molar-refractivity contribution in [3.05, 3.63) is 28.2 Å². The molecule has 1 saturated heterocycles. The smallest absolute Gasteiger partial charge is 0.317 e. The maximum Gasteiger partial charge on any atom is 0.317 e. The fourth-order valence-corrected chi connectivity index (χ4v) is 4.02. The predicted molar refractivity (Wildman–Crippen MR) is 97.7 cm³/mol. The van der Waals surface area contributed by atoms with Gasteiger partial charge in [0.05, 0.1) is 0 Å². The molecule has 0 saturated carbocycles. The molecule has 0 aliphatic carbocycles. The summed E-state index contributed by atoms with van der Waals surface area (Å²) in [4.78, 5) is 18.9. The maximum absolute atomic E-state index is 12.6. The minimum absolute atomic E-state index is 0.0493. The Balaban J connectivity index is 1.49. The van der Waals surface area contributed by atoms with Gasteiger partial charge >= 0.3 is 6.03 Å². The second kappa shape index (κ2) is 8.42. The van der Waals surface area contributed by atoms with Gasteiger partial charge in [-0.1, -0.05) is 0 Å². The van der Waals surface area contributed by atoms with Crippen molar-refractivity contribution in [1.29, 1.82) is 0 Å². The number of urea groups is 1. The lowest BCUT2D eigenvalue weighted by molar-refractivity contribution is 0.144. The van der Waals surface area contributed by atoms with E-state index in [-0.39, 0.29) is 6.03 Å². The van der Waals surface area contributed by atoms with Gasteiger partial charge in [-0.25, -0.2) is 9.78 Å². The first-order valence-corrected chi connectivity index (χ1v) is 9.76. The average Bonchev–Trinajstić information content (AvgIpc) is 3.21. The van der Waals surface area contributed by atoms with E-state index in [9.17, 15) is 4.79 Å². The van der Waals surface area contributed by atoms with Gasteiger partial charge < -0.3 is 14.8 Å². The number of hydrogen-bond acceptors (Lipinski definition) is 5. The van der Waals surface area contributed by atoms with E-state index in [0.717, 1.165) is 54.6 Å². The highest BCUT2D eigenvalue weighted by Crippen LogP contribution is 2.20. The molecular weight excluding hydrogens is 336 g/mol. The van der Waals surface area contributed by atoms with E-state index in [1.54, 1.807) is 11.3 Å². The summed E-state index contributed by atoms with van der Waals surface area (Å²) in [6.07, 6.45) is 8.91. The Kier molecular flexibility index (Phi) is 6.01. The van der Waals surface area contributed by atoms with E-state index in [1.807, 2.05) is 31.1 Å². The molecule has 7 nitrogen and oxygen atoms in total. The lowest BCUT2D eigenvalue weighted by atomic mass is 9.99. The molecule has 0 radical (unpaired) electrons. The number of imidazole rings is 1. The van der Waals surface area contributed by atoms with Crippen molar-refractivity contribution in [3.63, 3.8) is 0 Å². The number of amides is 2. The standard InChI is InChI=1S/C17H26N6OS/c1-13-18-9-12-22(13)11-7-15-5-3-4-10-23(15)17(24)19-8-6-16-21-20-14(2)25-16/h9,12,15H,3-8,10-11H2,1-2H3,(H,19,24)/t15-/m0/s1. The third-order valence-electron chi connectivity index (χ3n) is 4.70. The largest absolute Gasteiger partial charge is 0.338 e. The van der Waals surface area contributed by atoms with Crippen LogP contribution >= 0.6 is 11.3 Å². The van der Waals surface area contributed by atoms with Crippen LogP contribution in [0.5, 0.6) is 0 Å². The Hall–Kier alpha value is -1.96. The lowest BCUT2D eigenvalue weighted by Crippen LogP contribution is -2.49. The van der Waals surface area contributed by atoms with Gasteiger partial charge in [-0.3, -0.25) is 0 Å². The molecule has 1 aliphatic rings. The van der Waals surface area contributed by atoms with E-state index in [2.05, 4.69) is 25.1 Å². The average molecular weight is 363 g/mol. The highest BCUT2D eigenvalue weighted by molar-refractivity contribution is 7.11. The van der Waals surface area contributed by atoms with E-state index in [4.69, 9.17) is 0 Å². The van der Waals surface area contributed by atoms with Crippen LogP contribution in [0.1, 0.15) is 41.5 Å². The molecule has 0 unspecified atom stereocenters. The summed E-state index contributed by atoms with van der Waals surface area (Å²) in [5, 5.41) is 13.1. The normalized spacial score (nSPS) is 17.7. The zero-order chi connectivity index (χ0) is 17.6. The molecule has 0 aromatic carbocycles. The molecule has 1 aliphatic heterocycles. The van der Waals surface area contributed by atoms with Gasteiger partial charge in [-0.15, -0.1) is 21.5 Å². The number of likely N-dealkylation sites (tertiary alicyclic amines) is 1. The van der Waals surface area contributed by atoms with Crippen LogP contribution in [0, 0.1) is 13.8 Å². The molecule has 3 rings (SSSR count). The molecule has 2 aromatic rings. The van der Waals surface area contributed by atoms with Crippen LogP contribution in [0.3, 0.4) is 0 Å². The first-order chi connectivity index (χ1) is 12.1. The van der Waals surface area contributed by atoms with Crippen LogP contribution in [-0.2, 0) is 13.0 Å². The van der Waals surface area contributed by atoms with Crippen molar-refractivity contribution in [2.75, 3.05) is 13.1 Å². The fourth-order valence-electron chi connectivity index (χ4n) is 3.31. The van der Waals surface area contributed by atoms with Crippen LogP contribution in [0.15, 0.2) is 12.4 Å². The second-order valence-electron chi connectivity index (χ2n) is 6.50. The van der Waals surface area contributed by atoms with Gasteiger partial charge in [0, 0.05) is 44.5 Å². The SMILES string of the molecule is Cc1nnc(CCNC(=O)N2CCCC[C@H]2CCn2ccnc2C)s1. The van der Waals surface area contributed by atoms with Crippen molar-refractivity contribution in [3.8, 4) is 0 Å². The molecule has 25 heavy (non-hydrogen) atoms. The molecule has 1 N–H and O–H groups in total. The van der Waals surface area contributed by atoms with Crippen LogP contribution in [-0.4, -0.2) is 49.8 Å². The molecule has 1 atom stereocenters. The number of rotatable bonds is 6. The molecule has 0 spiro atoms. The first kappa shape index (κ1) is 17.8.